The zero-order valence-corrected chi connectivity index (χ0v) is 9.18. The molecule has 0 aliphatic heterocycles. The van der Waals surface area contributed by atoms with Crippen LogP contribution in [0.4, 0.5) is 0 Å². The SMILES string of the molecule is O=c1[nH][nH]c(=O)n1-c1cc2ccccc2cc1O. The first kappa shape index (κ1) is 10.4. The molecular weight excluding hydrogens is 234 g/mol. The van der Waals surface area contributed by atoms with E-state index in [1.54, 1.807) is 6.07 Å². The van der Waals surface area contributed by atoms with Gasteiger partial charge >= 0.3 is 11.4 Å². The molecule has 0 radical (unpaired) electrons. The van der Waals surface area contributed by atoms with Gasteiger partial charge in [-0.3, -0.25) is 0 Å². The van der Waals surface area contributed by atoms with Crippen LogP contribution in [0.1, 0.15) is 0 Å². The number of aromatic nitrogens is 3. The van der Waals surface area contributed by atoms with Crippen LogP contribution in [0.3, 0.4) is 0 Å². The molecule has 0 saturated heterocycles. The smallest absolute Gasteiger partial charge is 0.349 e. The normalized spacial score (nSPS) is 10.9. The quantitative estimate of drug-likeness (QED) is 0.588. The van der Waals surface area contributed by atoms with Gasteiger partial charge in [0.1, 0.15) is 5.75 Å². The van der Waals surface area contributed by atoms with Crippen molar-refractivity contribution in [2.24, 2.45) is 0 Å². The van der Waals surface area contributed by atoms with E-state index in [4.69, 9.17) is 0 Å². The third-order valence-electron chi connectivity index (χ3n) is 2.77. The summed E-state index contributed by atoms with van der Waals surface area (Å²) in [5.74, 6) is -0.124. The van der Waals surface area contributed by atoms with Crippen molar-refractivity contribution in [1.82, 2.24) is 14.8 Å². The van der Waals surface area contributed by atoms with E-state index in [9.17, 15) is 14.7 Å². The van der Waals surface area contributed by atoms with Crippen LogP contribution in [0.5, 0.6) is 5.75 Å². The number of H-pyrrole nitrogens is 2. The third kappa shape index (κ3) is 1.43. The van der Waals surface area contributed by atoms with E-state index in [1.165, 1.54) is 6.07 Å². The average molecular weight is 243 g/mol. The molecule has 2 aromatic carbocycles. The Balaban J connectivity index is 2.40. The molecule has 0 atom stereocenters. The topological polar surface area (TPSA) is 90.9 Å². The van der Waals surface area contributed by atoms with Crippen molar-refractivity contribution in [3.8, 4) is 11.4 Å². The van der Waals surface area contributed by atoms with E-state index >= 15 is 0 Å². The molecule has 0 bridgehead atoms. The lowest BCUT2D eigenvalue weighted by molar-refractivity contribution is 0.472. The highest BCUT2D eigenvalue weighted by Gasteiger charge is 2.11. The monoisotopic (exact) mass is 243 g/mol. The highest BCUT2D eigenvalue weighted by molar-refractivity contribution is 5.86. The molecule has 90 valence electrons. The van der Waals surface area contributed by atoms with E-state index in [2.05, 4.69) is 10.2 Å². The predicted octanol–water partition coefficient (Wildman–Crippen LogP) is 0.713. The first-order chi connectivity index (χ1) is 8.66. The molecule has 0 aliphatic carbocycles. The van der Waals surface area contributed by atoms with Gasteiger partial charge in [-0.25, -0.2) is 24.4 Å². The van der Waals surface area contributed by atoms with Gasteiger partial charge in [0, 0.05) is 0 Å². The van der Waals surface area contributed by atoms with E-state index in [0.717, 1.165) is 15.3 Å². The Morgan fingerprint density at radius 3 is 2.11 bits per heavy atom. The number of benzene rings is 2. The Hall–Kier alpha value is -2.76. The summed E-state index contributed by atoms with van der Waals surface area (Å²) in [6.07, 6.45) is 0. The van der Waals surface area contributed by atoms with Crippen molar-refractivity contribution < 1.29 is 5.11 Å². The average Bonchev–Trinajstić information content (AvgIpc) is 2.68. The Kier molecular flexibility index (Phi) is 2.09. The Morgan fingerprint density at radius 2 is 1.50 bits per heavy atom. The van der Waals surface area contributed by atoms with E-state index < -0.39 is 11.4 Å². The zero-order chi connectivity index (χ0) is 12.7. The number of fused-ring (bicyclic) bond motifs is 1. The number of aromatic hydroxyl groups is 1. The summed E-state index contributed by atoms with van der Waals surface area (Å²) in [5, 5.41) is 15.9. The molecule has 18 heavy (non-hydrogen) atoms. The van der Waals surface area contributed by atoms with Gasteiger partial charge in [0.25, 0.3) is 0 Å². The molecule has 0 aliphatic rings. The van der Waals surface area contributed by atoms with Gasteiger partial charge < -0.3 is 5.11 Å². The minimum atomic E-state index is -0.620. The summed E-state index contributed by atoms with van der Waals surface area (Å²) >= 11 is 0. The third-order valence-corrected chi connectivity index (χ3v) is 2.77. The van der Waals surface area contributed by atoms with Crippen LogP contribution in [0, 0.1) is 0 Å². The Labute approximate surface area is 100 Å². The Bertz CT molecular complexity index is 814. The fourth-order valence-corrected chi connectivity index (χ4v) is 1.93. The van der Waals surface area contributed by atoms with E-state index in [1.807, 2.05) is 24.3 Å². The van der Waals surface area contributed by atoms with Gasteiger partial charge in [-0.1, -0.05) is 24.3 Å². The van der Waals surface area contributed by atoms with Crippen LogP contribution in [-0.4, -0.2) is 19.9 Å². The minimum absolute atomic E-state index is 0.124. The predicted molar refractivity (Wildman–Crippen MR) is 66.2 cm³/mol. The molecular formula is C12H9N3O3. The first-order valence-electron chi connectivity index (χ1n) is 5.28. The number of hydrogen-bond acceptors (Lipinski definition) is 3. The van der Waals surface area contributed by atoms with E-state index in [-0.39, 0.29) is 11.4 Å². The maximum absolute atomic E-state index is 11.5. The number of aromatic amines is 2. The summed E-state index contributed by atoms with van der Waals surface area (Å²) in [6.45, 7) is 0. The number of rotatable bonds is 1. The molecule has 6 nitrogen and oxygen atoms in total. The van der Waals surface area contributed by atoms with E-state index in [0.29, 0.717) is 0 Å². The van der Waals surface area contributed by atoms with Gasteiger partial charge in [-0.05, 0) is 22.9 Å². The largest absolute Gasteiger partial charge is 0.506 e. The van der Waals surface area contributed by atoms with Gasteiger partial charge in [-0.15, -0.1) is 0 Å². The highest BCUT2D eigenvalue weighted by Crippen LogP contribution is 2.26. The van der Waals surface area contributed by atoms with Crippen molar-refractivity contribution >= 4 is 10.8 Å². The standard InChI is InChI=1S/C12H9N3O3/c16-10-6-8-4-2-1-3-7(8)5-9(10)15-11(17)13-14-12(15)18/h1-6,16H,(H,13,17)(H,14,18). The Morgan fingerprint density at radius 1 is 0.944 bits per heavy atom. The molecule has 3 N–H and O–H groups in total. The number of nitrogens with one attached hydrogen (secondary N) is 2. The maximum Gasteiger partial charge on any atom is 0.349 e. The first-order valence-corrected chi connectivity index (χ1v) is 5.28. The summed E-state index contributed by atoms with van der Waals surface area (Å²) in [5.41, 5.74) is -1.09. The van der Waals surface area contributed by atoms with Gasteiger partial charge in [0.15, 0.2) is 0 Å². The van der Waals surface area contributed by atoms with Crippen molar-refractivity contribution in [3.05, 3.63) is 57.4 Å². The molecule has 1 heterocycles. The highest BCUT2D eigenvalue weighted by atomic mass is 16.3. The fourth-order valence-electron chi connectivity index (χ4n) is 1.93. The fraction of sp³-hybridized carbons (Fsp3) is 0. The lowest BCUT2D eigenvalue weighted by Crippen LogP contribution is -2.24. The second-order valence-electron chi connectivity index (χ2n) is 3.88. The van der Waals surface area contributed by atoms with Crippen molar-refractivity contribution in [3.63, 3.8) is 0 Å². The van der Waals surface area contributed by atoms with Crippen LogP contribution in [0.15, 0.2) is 46.0 Å². The number of phenolic OH excluding ortho intramolecular Hbond substituents is 1. The lowest BCUT2D eigenvalue weighted by Gasteiger charge is -2.05. The summed E-state index contributed by atoms with van der Waals surface area (Å²) in [7, 11) is 0. The molecule has 3 aromatic rings. The number of hydrogen-bond donors (Lipinski definition) is 3. The molecule has 0 fully saturated rings. The lowest BCUT2D eigenvalue weighted by atomic mass is 10.1. The molecule has 6 heteroatoms. The van der Waals surface area contributed by atoms with Crippen LogP contribution < -0.4 is 11.4 Å². The molecule has 3 rings (SSSR count). The summed E-state index contributed by atoms with van der Waals surface area (Å²) in [4.78, 5) is 23.0. The number of phenols is 1. The van der Waals surface area contributed by atoms with Crippen LogP contribution in [0.2, 0.25) is 0 Å². The molecule has 0 amide bonds. The van der Waals surface area contributed by atoms with Crippen LogP contribution >= 0.6 is 0 Å². The van der Waals surface area contributed by atoms with Gasteiger partial charge in [0.05, 0.1) is 5.69 Å². The number of nitrogens with zero attached hydrogens (tertiary/aromatic N) is 1. The van der Waals surface area contributed by atoms with Crippen molar-refractivity contribution in [2.45, 2.75) is 0 Å². The molecule has 0 saturated carbocycles. The summed E-state index contributed by atoms with van der Waals surface area (Å²) in [6, 6.07) is 10.5. The van der Waals surface area contributed by atoms with Gasteiger partial charge in [0.2, 0.25) is 0 Å². The molecule has 1 aromatic heterocycles. The maximum atomic E-state index is 11.5. The summed E-state index contributed by atoms with van der Waals surface area (Å²) < 4.78 is 0.849. The second-order valence-corrected chi connectivity index (χ2v) is 3.88. The van der Waals surface area contributed by atoms with Gasteiger partial charge in [-0.2, -0.15) is 0 Å². The zero-order valence-electron chi connectivity index (χ0n) is 9.18. The molecule has 0 unspecified atom stereocenters. The van der Waals surface area contributed by atoms with Crippen molar-refractivity contribution in [1.29, 1.82) is 0 Å². The second kappa shape index (κ2) is 3.63. The minimum Gasteiger partial charge on any atom is -0.506 e. The van der Waals surface area contributed by atoms with Crippen molar-refractivity contribution in [2.75, 3.05) is 0 Å². The van der Waals surface area contributed by atoms with Crippen LogP contribution in [0.25, 0.3) is 16.5 Å². The molecule has 0 spiro atoms. The van der Waals surface area contributed by atoms with Crippen LogP contribution in [-0.2, 0) is 0 Å².